The first-order chi connectivity index (χ1) is 7.25. The van der Waals surface area contributed by atoms with Gasteiger partial charge in [-0.25, -0.2) is 0 Å². The van der Waals surface area contributed by atoms with E-state index in [0.717, 1.165) is 5.56 Å². The van der Waals surface area contributed by atoms with Crippen LogP contribution < -0.4 is 0 Å². The fourth-order valence-electron chi connectivity index (χ4n) is 1.23. The molecule has 0 N–H and O–H groups in total. The number of azide groups is 1. The SMILES string of the molecule is CC(=O)c1ccccc1C=CCN=[N+]=[N-]. The molecule has 0 amide bonds. The first-order valence-corrected chi connectivity index (χ1v) is 4.53. The van der Waals surface area contributed by atoms with Gasteiger partial charge in [0.15, 0.2) is 5.78 Å². The molecule has 0 heterocycles. The van der Waals surface area contributed by atoms with Gasteiger partial charge in [-0.2, -0.15) is 0 Å². The van der Waals surface area contributed by atoms with Crippen molar-refractivity contribution >= 4 is 11.9 Å². The van der Waals surface area contributed by atoms with E-state index in [2.05, 4.69) is 10.0 Å². The number of ketones is 1. The second kappa shape index (κ2) is 5.62. The van der Waals surface area contributed by atoms with Crippen molar-refractivity contribution < 1.29 is 4.79 Å². The highest BCUT2D eigenvalue weighted by Crippen LogP contribution is 2.11. The summed E-state index contributed by atoms with van der Waals surface area (Å²) in [6.45, 7) is 1.82. The van der Waals surface area contributed by atoms with Gasteiger partial charge < -0.3 is 0 Å². The maximum Gasteiger partial charge on any atom is 0.160 e. The van der Waals surface area contributed by atoms with Gasteiger partial charge in [-0.3, -0.25) is 4.79 Å². The van der Waals surface area contributed by atoms with Gasteiger partial charge in [0.25, 0.3) is 0 Å². The van der Waals surface area contributed by atoms with Gasteiger partial charge in [-0.05, 0) is 18.0 Å². The van der Waals surface area contributed by atoms with E-state index in [1.807, 2.05) is 18.2 Å². The number of benzene rings is 1. The summed E-state index contributed by atoms with van der Waals surface area (Å²) in [4.78, 5) is 13.9. The molecule has 15 heavy (non-hydrogen) atoms. The van der Waals surface area contributed by atoms with Crippen LogP contribution in [-0.2, 0) is 0 Å². The Labute approximate surface area is 87.9 Å². The molecule has 1 aromatic rings. The van der Waals surface area contributed by atoms with Crippen molar-refractivity contribution in [2.75, 3.05) is 6.54 Å². The molecule has 0 fully saturated rings. The van der Waals surface area contributed by atoms with E-state index < -0.39 is 0 Å². The van der Waals surface area contributed by atoms with Gasteiger partial charge in [0, 0.05) is 17.0 Å². The number of hydrogen-bond donors (Lipinski definition) is 0. The minimum Gasteiger partial charge on any atom is -0.294 e. The summed E-state index contributed by atoms with van der Waals surface area (Å²) in [6, 6.07) is 7.31. The topological polar surface area (TPSA) is 65.8 Å². The third-order valence-electron chi connectivity index (χ3n) is 1.89. The molecular weight excluding hydrogens is 190 g/mol. The van der Waals surface area contributed by atoms with Crippen LogP contribution in [0.3, 0.4) is 0 Å². The minimum atomic E-state index is 0.0269. The normalized spacial score (nSPS) is 9.93. The number of nitrogens with zero attached hydrogens (tertiary/aromatic N) is 3. The third-order valence-corrected chi connectivity index (χ3v) is 1.89. The van der Waals surface area contributed by atoms with Gasteiger partial charge >= 0.3 is 0 Å². The largest absolute Gasteiger partial charge is 0.294 e. The van der Waals surface area contributed by atoms with Gasteiger partial charge in [0.1, 0.15) is 0 Å². The first-order valence-electron chi connectivity index (χ1n) is 4.53. The zero-order chi connectivity index (χ0) is 11.1. The molecule has 0 radical (unpaired) electrons. The highest BCUT2D eigenvalue weighted by atomic mass is 16.1. The number of hydrogen-bond acceptors (Lipinski definition) is 2. The summed E-state index contributed by atoms with van der Waals surface area (Å²) in [7, 11) is 0. The molecule has 0 saturated heterocycles. The van der Waals surface area contributed by atoms with Gasteiger partial charge in [0.05, 0.1) is 0 Å². The lowest BCUT2D eigenvalue weighted by atomic mass is 10.0. The molecule has 0 aromatic heterocycles. The lowest BCUT2D eigenvalue weighted by Crippen LogP contribution is -1.94. The van der Waals surface area contributed by atoms with Crippen LogP contribution in [0.25, 0.3) is 16.5 Å². The van der Waals surface area contributed by atoms with Crippen molar-refractivity contribution in [2.45, 2.75) is 6.92 Å². The van der Waals surface area contributed by atoms with Crippen molar-refractivity contribution in [3.05, 3.63) is 51.9 Å². The van der Waals surface area contributed by atoms with Crippen LogP contribution in [0.5, 0.6) is 0 Å². The zero-order valence-corrected chi connectivity index (χ0v) is 8.42. The van der Waals surface area contributed by atoms with Crippen molar-refractivity contribution in [1.82, 2.24) is 0 Å². The van der Waals surface area contributed by atoms with Gasteiger partial charge in [0.2, 0.25) is 0 Å². The summed E-state index contributed by atoms with van der Waals surface area (Å²) in [6.07, 6.45) is 3.51. The Hall–Kier alpha value is -2.06. The summed E-state index contributed by atoms with van der Waals surface area (Å²) < 4.78 is 0. The summed E-state index contributed by atoms with van der Waals surface area (Å²) in [5, 5.41) is 3.37. The van der Waals surface area contributed by atoms with E-state index in [9.17, 15) is 4.79 Å². The molecule has 76 valence electrons. The number of Topliss-reactive ketones (excluding diaryl/α,β-unsaturated/α-hetero) is 1. The van der Waals surface area contributed by atoms with E-state index in [1.54, 1.807) is 18.2 Å². The van der Waals surface area contributed by atoms with E-state index in [0.29, 0.717) is 12.1 Å². The fraction of sp³-hybridized carbons (Fsp3) is 0.182. The fourth-order valence-corrected chi connectivity index (χ4v) is 1.23. The predicted molar refractivity (Wildman–Crippen MR) is 59.5 cm³/mol. The van der Waals surface area contributed by atoms with E-state index in [-0.39, 0.29) is 5.78 Å². The van der Waals surface area contributed by atoms with E-state index in [1.165, 1.54) is 6.92 Å². The van der Waals surface area contributed by atoms with Crippen LogP contribution >= 0.6 is 0 Å². The molecule has 4 nitrogen and oxygen atoms in total. The van der Waals surface area contributed by atoms with Crippen LogP contribution in [0.1, 0.15) is 22.8 Å². The third kappa shape index (κ3) is 3.29. The molecule has 1 rings (SSSR count). The standard InChI is InChI=1S/C11H11N3O/c1-9(15)11-7-3-2-5-10(11)6-4-8-13-14-12/h2-7H,8H2,1H3. The molecule has 0 unspecified atom stereocenters. The Balaban J connectivity index is 2.88. The second-order valence-electron chi connectivity index (χ2n) is 2.96. The molecule has 0 saturated carbocycles. The summed E-state index contributed by atoms with van der Waals surface area (Å²) in [5.41, 5.74) is 9.60. The molecular formula is C11H11N3O. The molecule has 0 aliphatic rings. The molecule has 1 aromatic carbocycles. The molecule has 0 spiro atoms. The molecule has 0 aliphatic heterocycles. The van der Waals surface area contributed by atoms with Crippen LogP contribution in [0.15, 0.2) is 35.5 Å². The number of carbonyl (C=O) groups is 1. The smallest absolute Gasteiger partial charge is 0.160 e. The molecule has 0 aliphatic carbocycles. The first kappa shape index (κ1) is 11.0. The Bertz CT molecular complexity index is 431. The summed E-state index contributed by atoms with van der Waals surface area (Å²) in [5.74, 6) is 0.0269. The monoisotopic (exact) mass is 201 g/mol. The number of carbonyl (C=O) groups excluding carboxylic acids is 1. The van der Waals surface area contributed by atoms with E-state index >= 15 is 0 Å². The molecule has 0 bridgehead atoms. The Kier molecular flexibility index (Phi) is 4.13. The molecule has 0 atom stereocenters. The number of rotatable bonds is 4. The average molecular weight is 201 g/mol. The lowest BCUT2D eigenvalue weighted by Gasteiger charge is -2.00. The Morgan fingerprint density at radius 1 is 1.53 bits per heavy atom. The highest BCUT2D eigenvalue weighted by Gasteiger charge is 2.01. The van der Waals surface area contributed by atoms with Crippen molar-refractivity contribution in [1.29, 1.82) is 0 Å². The van der Waals surface area contributed by atoms with Crippen LogP contribution in [0, 0.1) is 0 Å². The lowest BCUT2D eigenvalue weighted by molar-refractivity contribution is 0.101. The Morgan fingerprint density at radius 3 is 2.93 bits per heavy atom. The van der Waals surface area contributed by atoms with Crippen LogP contribution in [-0.4, -0.2) is 12.3 Å². The highest BCUT2D eigenvalue weighted by molar-refractivity contribution is 5.97. The summed E-state index contributed by atoms with van der Waals surface area (Å²) >= 11 is 0. The van der Waals surface area contributed by atoms with Gasteiger partial charge in [-0.1, -0.05) is 41.5 Å². The Morgan fingerprint density at radius 2 is 2.27 bits per heavy atom. The van der Waals surface area contributed by atoms with Gasteiger partial charge in [-0.15, -0.1) is 0 Å². The minimum absolute atomic E-state index is 0.0269. The van der Waals surface area contributed by atoms with Crippen LogP contribution in [0.4, 0.5) is 0 Å². The average Bonchev–Trinajstić information content (AvgIpc) is 2.25. The maximum atomic E-state index is 11.2. The zero-order valence-electron chi connectivity index (χ0n) is 8.42. The van der Waals surface area contributed by atoms with Crippen LogP contribution in [0.2, 0.25) is 0 Å². The molecule has 4 heteroatoms. The van der Waals surface area contributed by atoms with Crippen molar-refractivity contribution in [3.63, 3.8) is 0 Å². The maximum absolute atomic E-state index is 11.2. The predicted octanol–water partition coefficient (Wildman–Crippen LogP) is 3.21. The van der Waals surface area contributed by atoms with Crippen molar-refractivity contribution in [3.8, 4) is 0 Å². The van der Waals surface area contributed by atoms with Crippen molar-refractivity contribution in [2.24, 2.45) is 5.11 Å². The quantitative estimate of drug-likeness (QED) is 0.319. The second-order valence-corrected chi connectivity index (χ2v) is 2.96. The van der Waals surface area contributed by atoms with E-state index in [4.69, 9.17) is 5.53 Å².